The molecule has 3 rings (SSSR count). The number of hydrogen-bond acceptors (Lipinski definition) is 7. The molecule has 2 N–H and O–H groups in total. The molecule has 2 fully saturated rings. The quantitative estimate of drug-likeness (QED) is 0.647. The molecule has 1 aliphatic carbocycles. The minimum Gasteiger partial charge on any atom is -0.464 e. The molecule has 0 aromatic heterocycles. The van der Waals surface area contributed by atoms with E-state index in [0.29, 0.717) is 13.1 Å². The first-order valence-corrected chi connectivity index (χ1v) is 10.1. The Labute approximate surface area is 174 Å². The molecule has 166 valence electrons. The van der Waals surface area contributed by atoms with Crippen LogP contribution in [-0.2, 0) is 19.1 Å². The summed E-state index contributed by atoms with van der Waals surface area (Å²) in [5, 5.41) is 12.3. The highest BCUT2D eigenvalue weighted by Gasteiger charge is 2.61. The molecule has 0 spiro atoms. The van der Waals surface area contributed by atoms with Crippen LogP contribution in [0.4, 0.5) is 20.2 Å². The highest BCUT2D eigenvalue weighted by atomic mass is 19.1. The second kappa shape index (κ2) is 8.37. The molecule has 9 heteroatoms. The normalized spacial score (nSPS) is 23.6. The molecular formula is C21H28F2N2O5. The van der Waals surface area contributed by atoms with Crippen LogP contribution in [0.2, 0.25) is 0 Å². The molecule has 1 aromatic carbocycles. The summed E-state index contributed by atoms with van der Waals surface area (Å²) in [7, 11) is 0. The fraction of sp³-hybridized carbons (Fsp3) is 0.619. The molecule has 2 unspecified atom stereocenters. The number of aliphatic hydroxyl groups is 1. The van der Waals surface area contributed by atoms with Gasteiger partial charge in [0.2, 0.25) is 0 Å². The number of benzene rings is 1. The number of carbonyl (C=O) groups excluding carboxylic acids is 2. The molecule has 0 radical (unpaired) electrons. The number of piperidine rings is 1. The number of hydrogen-bond donors (Lipinski definition) is 2. The van der Waals surface area contributed by atoms with Crippen molar-refractivity contribution in [3.05, 3.63) is 23.8 Å². The summed E-state index contributed by atoms with van der Waals surface area (Å²) >= 11 is 0. The number of anilines is 2. The number of carbonyl (C=O) groups is 2. The lowest BCUT2D eigenvalue weighted by Crippen LogP contribution is -2.31. The third-order valence-corrected chi connectivity index (χ3v) is 5.26. The maximum atomic E-state index is 14.6. The van der Waals surface area contributed by atoms with E-state index in [9.17, 15) is 23.5 Å². The van der Waals surface area contributed by atoms with Gasteiger partial charge in [-0.2, -0.15) is 0 Å². The number of rotatable bonds is 7. The molecule has 1 heterocycles. The van der Waals surface area contributed by atoms with Gasteiger partial charge in [0, 0.05) is 18.8 Å². The van der Waals surface area contributed by atoms with Gasteiger partial charge in [0.25, 0.3) is 0 Å². The van der Waals surface area contributed by atoms with E-state index in [4.69, 9.17) is 4.74 Å². The number of fused-ring (bicyclic) bond motifs is 1. The van der Waals surface area contributed by atoms with Gasteiger partial charge in [-0.25, -0.2) is 13.6 Å². The monoisotopic (exact) mass is 426 g/mol. The SMILES string of the molecule is CCOC(=O)C(O)CNc1cc(F)c(N2C[C@@H]3C(C(=O)OC(C)(C)C)[C@@H]3C2)c(F)c1. The predicted octanol–water partition coefficient (Wildman–Crippen LogP) is 2.32. The first-order chi connectivity index (χ1) is 14.0. The zero-order valence-electron chi connectivity index (χ0n) is 17.6. The van der Waals surface area contributed by atoms with E-state index in [1.807, 2.05) is 0 Å². The summed E-state index contributed by atoms with van der Waals surface area (Å²) in [5.41, 5.74) is -0.593. The van der Waals surface area contributed by atoms with Crippen molar-refractivity contribution in [2.45, 2.75) is 39.4 Å². The van der Waals surface area contributed by atoms with Crippen LogP contribution in [0.15, 0.2) is 12.1 Å². The lowest BCUT2D eigenvalue weighted by Gasteiger charge is -2.25. The topological polar surface area (TPSA) is 88.1 Å². The smallest absolute Gasteiger partial charge is 0.336 e. The lowest BCUT2D eigenvalue weighted by molar-refractivity contribution is -0.157. The first-order valence-electron chi connectivity index (χ1n) is 10.1. The van der Waals surface area contributed by atoms with Crippen molar-refractivity contribution in [3.8, 4) is 0 Å². The number of nitrogens with one attached hydrogen (secondary N) is 1. The summed E-state index contributed by atoms with van der Waals surface area (Å²) in [5.74, 6) is -2.70. The maximum absolute atomic E-state index is 14.6. The molecule has 1 aromatic rings. The Morgan fingerprint density at radius 3 is 2.30 bits per heavy atom. The van der Waals surface area contributed by atoms with Gasteiger partial charge < -0.3 is 24.8 Å². The second-order valence-electron chi connectivity index (χ2n) is 8.73. The van der Waals surface area contributed by atoms with E-state index >= 15 is 0 Å². The molecule has 2 aliphatic rings. The number of aliphatic hydroxyl groups excluding tert-OH is 1. The lowest BCUT2D eigenvalue weighted by atomic mass is 10.1. The summed E-state index contributed by atoms with van der Waals surface area (Å²) in [6.07, 6.45) is -1.44. The highest BCUT2D eigenvalue weighted by molar-refractivity contribution is 5.78. The minimum atomic E-state index is -1.44. The average Bonchev–Trinajstić information content (AvgIpc) is 3.13. The van der Waals surface area contributed by atoms with Gasteiger partial charge >= 0.3 is 11.9 Å². The van der Waals surface area contributed by atoms with Crippen molar-refractivity contribution in [2.24, 2.45) is 17.8 Å². The van der Waals surface area contributed by atoms with Crippen LogP contribution >= 0.6 is 0 Å². The Kier molecular flexibility index (Phi) is 6.21. The Morgan fingerprint density at radius 2 is 1.80 bits per heavy atom. The summed E-state index contributed by atoms with van der Waals surface area (Å²) in [6, 6.07) is 2.23. The number of ether oxygens (including phenoxy) is 2. The van der Waals surface area contributed by atoms with Gasteiger partial charge in [-0.3, -0.25) is 4.79 Å². The van der Waals surface area contributed by atoms with Gasteiger partial charge in [0.1, 0.15) is 11.3 Å². The van der Waals surface area contributed by atoms with Crippen LogP contribution in [0.25, 0.3) is 0 Å². The average molecular weight is 426 g/mol. The molecule has 30 heavy (non-hydrogen) atoms. The van der Waals surface area contributed by atoms with E-state index < -0.39 is 29.3 Å². The third-order valence-electron chi connectivity index (χ3n) is 5.26. The molecule has 1 saturated heterocycles. The summed E-state index contributed by atoms with van der Waals surface area (Å²) < 4.78 is 39.3. The molecule has 7 nitrogen and oxygen atoms in total. The fourth-order valence-corrected chi connectivity index (χ4v) is 3.93. The van der Waals surface area contributed by atoms with Crippen LogP contribution < -0.4 is 10.2 Å². The predicted molar refractivity (Wildman–Crippen MR) is 106 cm³/mol. The van der Waals surface area contributed by atoms with E-state index in [1.165, 1.54) is 0 Å². The molecular weight excluding hydrogens is 398 g/mol. The van der Waals surface area contributed by atoms with Crippen LogP contribution in [0.3, 0.4) is 0 Å². The molecule has 0 bridgehead atoms. The zero-order chi connectivity index (χ0) is 22.2. The van der Waals surface area contributed by atoms with Crippen LogP contribution in [-0.4, -0.2) is 55.0 Å². The molecule has 1 aliphatic heterocycles. The highest BCUT2D eigenvalue weighted by Crippen LogP contribution is 2.54. The zero-order valence-corrected chi connectivity index (χ0v) is 17.6. The Hall–Kier alpha value is -2.42. The van der Waals surface area contributed by atoms with Crippen molar-refractivity contribution in [1.29, 1.82) is 0 Å². The van der Waals surface area contributed by atoms with Crippen LogP contribution in [0.5, 0.6) is 0 Å². The summed E-state index contributed by atoms with van der Waals surface area (Å²) in [6.45, 7) is 7.69. The Balaban J connectivity index is 1.59. The summed E-state index contributed by atoms with van der Waals surface area (Å²) in [4.78, 5) is 25.2. The molecule has 1 saturated carbocycles. The first kappa shape index (κ1) is 22.3. The second-order valence-corrected chi connectivity index (χ2v) is 8.73. The van der Waals surface area contributed by atoms with Crippen LogP contribution in [0, 0.1) is 29.4 Å². The van der Waals surface area contributed by atoms with Gasteiger partial charge in [-0.15, -0.1) is 0 Å². The van der Waals surface area contributed by atoms with E-state index in [1.54, 1.807) is 32.6 Å². The van der Waals surface area contributed by atoms with Gasteiger partial charge in [0.15, 0.2) is 17.7 Å². The van der Waals surface area contributed by atoms with Crippen LogP contribution in [0.1, 0.15) is 27.7 Å². The van der Waals surface area contributed by atoms with Crippen molar-refractivity contribution in [1.82, 2.24) is 0 Å². The van der Waals surface area contributed by atoms with Crippen molar-refractivity contribution in [3.63, 3.8) is 0 Å². The third kappa shape index (κ3) is 4.83. The molecule has 4 atom stereocenters. The number of nitrogens with zero attached hydrogens (tertiary/aromatic N) is 1. The van der Waals surface area contributed by atoms with Gasteiger partial charge in [-0.05, 0) is 51.7 Å². The standard InChI is InChI=1S/C21H28F2N2O5/c1-5-29-19(27)16(26)8-24-11-6-14(22)18(15(23)7-11)25-9-12-13(10-25)17(12)20(28)30-21(2,3)4/h6-7,12-13,16-17,24,26H,5,8-10H2,1-4H3/t12-,13+,16?,17?. The van der Waals surface area contributed by atoms with Gasteiger partial charge in [0.05, 0.1) is 19.1 Å². The van der Waals surface area contributed by atoms with Crippen molar-refractivity contribution < 1.29 is 33.0 Å². The Bertz CT molecular complexity index is 791. The number of halogens is 2. The minimum absolute atomic E-state index is 0.0381. The van der Waals surface area contributed by atoms with Gasteiger partial charge in [-0.1, -0.05) is 0 Å². The van der Waals surface area contributed by atoms with E-state index in [-0.39, 0.29) is 48.2 Å². The maximum Gasteiger partial charge on any atom is 0.336 e. The molecule has 0 amide bonds. The fourth-order valence-electron chi connectivity index (χ4n) is 3.93. The largest absolute Gasteiger partial charge is 0.464 e. The Morgan fingerprint density at radius 1 is 1.23 bits per heavy atom. The van der Waals surface area contributed by atoms with E-state index in [2.05, 4.69) is 10.1 Å². The number of esters is 2. The van der Waals surface area contributed by atoms with E-state index in [0.717, 1.165) is 12.1 Å². The van der Waals surface area contributed by atoms with Crippen molar-refractivity contribution >= 4 is 23.3 Å². The van der Waals surface area contributed by atoms with Crippen molar-refractivity contribution in [2.75, 3.05) is 36.5 Å².